The molecule has 1 unspecified atom stereocenters. The number of rotatable bonds is 6. The number of hydrogen-bond donors (Lipinski definition) is 1. The lowest BCUT2D eigenvalue weighted by Crippen LogP contribution is -2.39. The number of amides is 1. The van der Waals surface area contributed by atoms with Crippen LogP contribution in [0.5, 0.6) is 5.75 Å². The van der Waals surface area contributed by atoms with E-state index in [1.165, 1.54) is 0 Å². The molecule has 134 valence electrons. The summed E-state index contributed by atoms with van der Waals surface area (Å²) in [5, 5.41) is 3.80. The number of anilines is 1. The van der Waals surface area contributed by atoms with Gasteiger partial charge in [0, 0.05) is 17.1 Å². The normalized spacial score (nSPS) is 12.1. The molecule has 2 aromatic carbocycles. The highest BCUT2D eigenvalue weighted by Gasteiger charge is 2.20. The maximum atomic E-state index is 12.5. The van der Waals surface area contributed by atoms with Crippen molar-refractivity contribution in [2.45, 2.75) is 26.4 Å². The van der Waals surface area contributed by atoms with Gasteiger partial charge in [-0.15, -0.1) is 0 Å². The van der Waals surface area contributed by atoms with Gasteiger partial charge in [-0.2, -0.15) is 0 Å². The Labute approximate surface area is 158 Å². The maximum Gasteiger partial charge on any atom is 0.241 e. The lowest BCUT2D eigenvalue weighted by Gasteiger charge is -2.25. The second kappa shape index (κ2) is 8.56. The van der Waals surface area contributed by atoms with E-state index in [1.807, 2.05) is 37.9 Å². The van der Waals surface area contributed by atoms with Crippen LogP contribution in [0.1, 0.15) is 18.1 Å². The Bertz CT molecular complexity index is 765. The first kappa shape index (κ1) is 19.6. The Balaban J connectivity index is 2.09. The van der Waals surface area contributed by atoms with Gasteiger partial charge in [-0.05, 0) is 45.2 Å². The minimum absolute atomic E-state index is 0.154. The van der Waals surface area contributed by atoms with Gasteiger partial charge in [-0.1, -0.05) is 40.9 Å². The van der Waals surface area contributed by atoms with E-state index in [-0.39, 0.29) is 11.9 Å². The summed E-state index contributed by atoms with van der Waals surface area (Å²) in [6.45, 7) is 4.46. The van der Waals surface area contributed by atoms with Crippen LogP contribution >= 0.6 is 23.2 Å². The third-order valence-corrected chi connectivity index (χ3v) is 4.65. The average molecular weight is 381 g/mol. The Morgan fingerprint density at radius 3 is 2.64 bits per heavy atom. The van der Waals surface area contributed by atoms with Crippen molar-refractivity contribution < 1.29 is 9.53 Å². The van der Waals surface area contributed by atoms with Crippen molar-refractivity contribution in [3.63, 3.8) is 0 Å². The summed E-state index contributed by atoms with van der Waals surface area (Å²) < 4.78 is 5.41. The summed E-state index contributed by atoms with van der Waals surface area (Å²) in [4.78, 5) is 14.5. The van der Waals surface area contributed by atoms with E-state index in [0.717, 1.165) is 16.9 Å². The molecule has 0 aliphatic rings. The van der Waals surface area contributed by atoms with E-state index < -0.39 is 0 Å². The van der Waals surface area contributed by atoms with Crippen LogP contribution < -0.4 is 10.1 Å². The van der Waals surface area contributed by atoms with Crippen LogP contribution in [0.25, 0.3) is 0 Å². The Kier molecular flexibility index (Phi) is 6.71. The molecule has 0 saturated carbocycles. The zero-order valence-electron chi connectivity index (χ0n) is 14.8. The predicted octanol–water partition coefficient (Wildman–Crippen LogP) is 4.77. The predicted molar refractivity (Wildman–Crippen MR) is 104 cm³/mol. The van der Waals surface area contributed by atoms with Crippen LogP contribution in [0.15, 0.2) is 36.4 Å². The number of methoxy groups -OCH3 is 1. The molecule has 25 heavy (non-hydrogen) atoms. The molecule has 6 heteroatoms. The number of aryl methyl sites for hydroxylation is 1. The van der Waals surface area contributed by atoms with Gasteiger partial charge in [-0.3, -0.25) is 9.69 Å². The third kappa shape index (κ3) is 5.11. The number of hydrogen-bond acceptors (Lipinski definition) is 3. The molecule has 2 aromatic rings. The van der Waals surface area contributed by atoms with Gasteiger partial charge in [0.25, 0.3) is 0 Å². The number of carbonyl (C=O) groups is 1. The number of carbonyl (C=O) groups excluding carboxylic acids is 1. The highest BCUT2D eigenvalue weighted by molar-refractivity contribution is 6.35. The van der Waals surface area contributed by atoms with Crippen LogP contribution in [0.2, 0.25) is 10.0 Å². The largest absolute Gasteiger partial charge is 0.496 e. The molecule has 0 aromatic heterocycles. The summed E-state index contributed by atoms with van der Waals surface area (Å²) in [5.41, 5.74) is 2.69. The molecule has 0 radical (unpaired) electrons. The van der Waals surface area contributed by atoms with Gasteiger partial charge in [0.1, 0.15) is 5.75 Å². The van der Waals surface area contributed by atoms with E-state index in [9.17, 15) is 4.79 Å². The molecule has 0 saturated heterocycles. The molecule has 0 fully saturated rings. The van der Waals surface area contributed by atoms with Gasteiger partial charge in [0.2, 0.25) is 5.91 Å². The summed E-state index contributed by atoms with van der Waals surface area (Å²) in [7, 11) is 3.54. The lowest BCUT2D eigenvalue weighted by molar-refractivity contribution is -0.120. The van der Waals surface area contributed by atoms with Crippen LogP contribution in [-0.4, -0.2) is 31.0 Å². The van der Waals surface area contributed by atoms with Crippen molar-refractivity contribution in [1.82, 2.24) is 4.90 Å². The van der Waals surface area contributed by atoms with Crippen LogP contribution in [0.4, 0.5) is 5.69 Å². The second-order valence-corrected chi connectivity index (χ2v) is 6.86. The number of ether oxygens (including phenoxy) is 1. The SMILES string of the molecule is COc1ccc(C)cc1CN(C)C(C)C(=O)Nc1cc(Cl)ccc1Cl. The Morgan fingerprint density at radius 1 is 1.24 bits per heavy atom. The van der Waals surface area contributed by atoms with Crippen molar-refractivity contribution in [3.8, 4) is 5.75 Å². The number of nitrogens with zero attached hydrogens (tertiary/aromatic N) is 1. The molecule has 2 rings (SSSR count). The molecule has 1 N–H and O–H groups in total. The molecular weight excluding hydrogens is 359 g/mol. The van der Waals surface area contributed by atoms with Crippen LogP contribution in [-0.2, 0) is 11.3 Å². The van der Waals surface area contributed by atoms with E-state index in [2.05, 4.69) is 11.4 Å². The van der Waals surface area contributed by atoms with Crippen molar-refractivity contribution in [1.29, 1.82) is 0 Å². The summed E-state index contributed by atoms with van der Waals surface area (Å²) in [5.74, 6) is 0.654. The molecular formula is C19H22Cl2N2O2. The maximum absolute atomic E-state index is 12.5. The van der Waals surface area contributed by atoms with Gasteiger partial charge in [0.05, 0.1) is 23.9 Å². The minimum Gasteiger partial charge on any atom is -0.496 e. The fraction of sp³-hybridized carbons (Fsp3) is 0.316. The van der Waals surface area contributed by atoms with Crippen LogP contribution in [0.3, 0.4) is 0 Å². The second-order valence-electron chi connectivity index (χ2n) is 6.02. The van der Waals surface area contributed by atoms with Crippen molar-refractivity contribution in [2.75, 3.05) is 19.5 Å². The van der Waals surface area contributed by atoms with Crippen molar-refractivity contribution in [3.05, 3.63) is 57.6 Å². The first-order chi connectivity index (χ1) is 11.8. The van der Waals surface area contributed by atoms with Crippen LogP contribution in [0, 0.1) is 6.92 Å². The molecule has 1 amide bonds. The van der Waals surface area contributed by atoms with Gasteiger partial charge < -0.3 is 10.1 Å². The van der Waals surface area contributed by atoms with Gasteiger partial charge in [0.15, 0.2) is 0 Å². The zero-order chi connectivity index (χ0) is 18.6. The van der Waals surface area contributed by atoms with E-state index in [0.29, 0.717) is 22.3 Å². The fourth-order valence-electron chi connectivity index (χ4n) is 2.47. The lowest BCUT2D eigenvalue weighted by atomic mass is 10.1. The van der Waals surface area contributed by atoms with E-state index >= 15 is 0 Å². The standard InChI is InChI=1S/C19H22Cl2N2O2/c1-12-5-8-18(25-4)14(9-12)11-23(3)13(2)19(24)22-17-10-15(20)6-7-16(17)21/h5-10,13H,11H2,1-4H3,(H,22,24). The number of halogens is 2. The third-order valence-electron chi connectivity index (χ3n) is 4.08. The highest BCUT2D eigenvalue weighted by Crippen LogP contribution is 2.26. The zero-order valence-corrected chi connectivity index (χ0v) is 16.3. The number of benzene rings is 2. The fourth-order valence-corrected chi connectivity index (χ4v) is 2.80. The monoisotopic (exact) mass is 380 g/mol. The Morgan fingerprint density at radius 2 is 1.96 bits per heavy atom. The van der Waals surface area contributed by atoms with E-state index in [1.54, 1.807) is 25.3 Å². The first-order valence-electron chi connectivity index (χ1n) is 7.91. The topological polar surface area (TPSA) is 41.6 Å². The molecule has 1 atom stereocenters. The molecule has 0 heterocycles. The Hall–Kier alpha value is -1.75. The van der Waals surface area contributed by atoms with E-state index in [4.69, 9.17) is 27.9 Å². The average Bonchev–Trinajstić information content (AvgIpc) is 2.57. The minimum atomic E-state index is -0.361. The van der Waals surface area contributed by atoms with Crippen molar-refractivity contribution >= 4 is 34.8 Å². The molecule has 0 aliphatic heterocycles. The summed E-state index contributed by atoms with van der Waals surface area (Å²) in [6.07, 6.45) is 0. The molecule has 0 spiro atoms. The molecule has 4 nitrogen and oxygen atoms in total. The van der Waals surface area contributed by atoms with Gasteiger partial charge in [-0.25, -0.2) is 0 Å². The van der Waals surface area contributed by atoms with Crippen molar-refractivity contribution in [2.24, 2.45) is 0 Å². The highest BCUT2D eigenvalue weighted by atomic mass is 35.5. The van der Waals surface area contributed by atoms with Gasteiger partial charge >= 0.3 is 0 Å². The molecule has 0 bridgehead atoms. The summed E-state index contributed by atoms with van der Waals surface area (Å²) in [6, 6.07) is 10.6. The smallest absolute Gasteiger partial charge is 0.241 e. The number of likely N-dealkylation sites (N-methyl/N-ethyl adjacent to an activating group) is 1. The summed E-state index contributed by atoms with van der Waals surface area (Å²) >= 11 is 12.1. The quantitative estimate of drug-likeness (QED) is 0.784. The first-order valence-corrected chi connectivity index (χ1v) is 8.67. The number of nitrogens with one attached hydrogen (secondary N) is 1. The molecule has 0 aliphatic carbocycles.